The van der Waals surface area contributed by atoms with Crippen LogP contribution in [0.15, 0.2) is 72.8 Å². The van der Waals surface area contributed by atoms with Crippen LogP contribution in [0, 0.1) is 0 Å². The summed E-state index contributed by atoms with van der Waals surface area (Å²) in [5, 5.41) is 0. The highest BCUT2D eigenvalue weighted by atomic mass is 16.5. The van der Waals surface area contributed by atoms with Crippen LogP contribution in [0.2, 0.25) is 0 Å². The van der Waals surface area contributed by atoms with E-state index in [1.165, 1.54) is 0 Å². The number of benzene rings is 3. The van der Waals surface area contributed by atoms with Crippen molar-refractivity contribution >= 4 is 11.8 Å². The van der Waals surface area contributed by atoms with E-state index in [-0.39, 0.29) is 30.6 Å². The Morgan fingerprint density at radius 1 is 0.971 bits per heavy atom. The molecule has 0 aliphatic carbocycles. The number of carbonyl (C=O) groups is 2. The van der Waals surface area contributed by atoms with Gasteiger partial charge in [-0.1, -0.05) is 36.4 Å². The summed E-state index contributed by atoms with van der Waals surface area (Å²) in [7, 11) is 3.40. The molecule has 3 aromatic rings. The average molecular weight is 459 g/mol. The largest absolute Gasteiger partial charge is 0.497 e. The van der Waals surface area contributed by atoms with Crippen molar-refractivity contribution in [1.82, 2.24) is 9.80 Å². The van der Waals surface area contributed by atoms with Gasteiger partial charge in [0.25, 0.3) is 11.8 Å². The third-order valence-corrected chi connectivity index (χ3v) is 6.41. The molecule has 2 amide bonds. The van der Waals surface area contributed by atoms with E-state index in [0.717, 1.165) is 16.9 Å². The molecule has 2 aliphatic heterocycles. The number of hydrogen-bond donors (Lipinski definition) is 0. The van der Waals surface area contributed by atoms with E-state index in [9.17, 15) is 9.59 Å². The van der Waals surface area contributed by atoms with Crippen molar-refractivity contribution < 1.29 is 23.8 Å². The fraction of sp³-hybridized carbons (Fsp3) is 0.259. The Balaban J connectivity index is 1.35. The molecule has 2 aliphatic rings. The Bertz CT molecular complexity index is 1210. The van der Waals surface area contributed by atoms with E-state index in [0.29, 0.717) is 30.2 Å². The molecule has 174 valence electrons. The van der Waals surface area contributed by atoms with E-state index in [1.807, 2.05) is 66.7 Å². The van der Waals surface area contributed by atoms with Crippen LogP contribution in [-0.2, 0) is 4.79 Å². The van der Waals surface area contributed by atoms with Crippen molar-refractivity contribution in [2.45, 2.75) is 12.1 Å². The lowest BCUT2D eigenvalue weighted by atomic mass is 10.0. The highest BCUT2D eigenvalue weighted by molar-refractivity contribution is 5.98. The SMILES string of the molecule is COc1cccc(-c2ccc3c(c2)O[C@H]2CN(C(=O)COc4ccccc4)C[C@H]2N(C)C3=O)c1. The standard InChI is InChI=1S/C27H26N2O5/c1-28-23-15-29(26(30)17-33-20-8-4-3-5-9-20)16-25(23)34-24-14-19(11-12-22(24)27(28)31)18-7-6-10-21(13-18)32-2/h3-14,23,25H,15-17H2,1-2H3/t23-,25+/m1/s1. The number of hydrogen-bond acceptors (Lipinski definition) is 5. The van der Waals surface area contributed by atoms with E-state index in [4.69, 9.17) is 14.2 Å². The van der Waals surface area contributed by atoms with Gasteiger partial charge >= 0.3 is 0 Å². The molecule has 0 spiro atoms. The first kappa shape index (κ1) is 21.8. The van der Waals surface area contributed by atoms with E-state index >= 15 is 0 Å². The summed E-state index contributed by atoms with van der Waals surface area (Å²) >= 11 is 0. The van der Waals surface area contributed by atoms with Crippen LogP contribution >= 0.6 is 0 Å². The lowest BCUT2D eigenvalue weighted by Gasteiger charge is -2.25. The minimum Gasteiger partial charge on any atom is -0.497 e. The first-order valence-corrected chi connectivity index (χ1v) is 11.2. The van der Waals surface area contributed by atoms with Crippen molar-refractivity contribution in [1.29, 1.82) is 0 Å². The second kappa shape index (κ2) is 9.09. The zero-order chi connectivity index (χ0) is 23.7. The summed E-state index contributed by atoms with van der Waals surface area (Å²) in [5.41, 5.74) is 2.41. The minimum absolute atomic E-state index is 0.0578. The Hall–Kier alpha value is -4.00. The molecule has 2 heterocycles. The normalized spacial score (nSPS) is 19.1. The number of likely N-dealkylation sites (N-methyl/N-ethyl adjacent to an activating group) is 1. The second-order valence-electron chi connectivity index (χ2n) is 8.48. The zero-order valence-corrected chi connectivity index (χ0v) is 19.1. The number of ether oxygens (including phenoxy) is 3. The number of para-hydroxylation sites is 1. The van der Waals surface area contributed by atoms with Crippen molar-refractivity contribution in [3.63, 3.8) is 0 Å². The zero-order valence-electron chi connectivity index (χ0n) is 19.1. The van der Waals surface area contributed by atoms with Crippen molar-refractivity contribution in [2.75, 3.05) is 33.9 Å². The summed E-state index contributed by atoms with van der Waals surface area (Å²) in [6.07, 6.45) is -0.323. The quantitative estimate of drug-likeness (QED) is 0.586. The predicted octanol–water partition coefficient (Wildman–Crippen LogP) is 3.49. The maximum absolute atomic E-state index is 13.2. The molecule has 0 unspecified atom stereocenters. The molecule has 7 heteroatoms. The molecule has 3 aromatic carbocycles. The van der Waals surface area contributed by atoms with Gasteiger partial charge in [0.2, 0.25) is 0 Å². The van der Waals surface area contributed by atoms with Crippen molar-refractivity contribution in [3.8, 4) is 28.4 Å². The molecular formula is C27H26N2O5. The van der Waals surface area contributed by atoms with Crippen LogP contribution < -0.4 is 14.2 Å². The number of nitrogens with zero attached hydrogens (tertiary/aromatic N) is 2. The summed E-state index contributed by atoms with van der Waals surface area (Å²) < 4.78 is 17.3. The lowest BCUT2D eigenvalue weighted by Crippen LogP contribution is -2.44. The Morgan fingerprint density at radius 3 is 2.53 bits per heavy atom. The highest BCUT2D eigenvalue weighted by Gasteiger charge is 2.43. The van der Waals surface area contributed by atoms with Crippen LogP contribution in [-0.4, -0.2) is 67.6 Å². The van der Waals surface area contributed by atoms with Crippen molar-refractivity contribution in [3.05, 3.63) is 78.4 Å². The fourth-order valence-corrected chi connectivity index (χ4v) is 4.48. The third-order valence-electron chi connectivity index (χ3n) is 6.41. The number of amides is 2. The molecule has 0 N–H and O–H groups in total. The van der Waals surface area contributed by atoms with Crippen LogP contribution in [0.25, 0.3) is 11.1 Å². The number of methoxy groups -OCH3 is 1. The van der Waals surface area contributed by atoms with Gasteiger partial charge in [-0.15, -0.1) is 0 Å². The van der Waals surface area contributed by atoms with Crippen LogP contribution in [0.1, 0.15) is 10.4 Å². The summed E-state index contributed by atoms with van der Waals surface area (Å²) in [6, 6.07) is 22.4. The van der Waals surface area contributed by atoms with Crippen molar-refractivity contribution in [2.24, 2.45) is 0 Å². The van der Waals surface area contributed by atoms with Gasteiger partial charge in [0.05, 0.1) is 25.3 Å². The first-order valence-electron chi connectivity index (χ1n) is 11.2. The Kier molecular flexibility index (Phi) is 5.84. The third kappa shape index (κ3) is 4.17. The van der Waals surface area contributed by atoms with E-state index < -0.39 is 0 Å². The number of fused-ring (bicyclic) bond motifs is 2. The number of carbonyl (C=O) groups excluding carboxylic acids is 2. The molecule has 1 fully saturated rings. The maximum atomic E-state index is 13.2. The molecule has 2 atom stereocenters. The van der Waals surface area contributed by atoms with E-state index in [2.05, 4.69) is 0 Å². The topological polar surface area (TPSA) is 68.3 Å². The number of likely N-dealkylation sites (tertiary alicyclic amines) is 1. The smallest absolute Gasteiger partial charge is 0.260 e. The maximum Gasteiger partial charge on any atom is 0.260 e. The molecule has 0 saturated carbocycles. The predicted molar refractivity (Wildman–Crippen MR) is 127 cm³/mol. The Labute approximate surface area is 198 Å². The van der Waals surface area contributed by atoms with Gasteiger partial charge in [0, 0.05) is 13.6 Å². The van der Waals surface area contributed by atoms with Gasteiger partial charge in [-0.3, -0.25) is 9.59 Å². The summed E-state index contributed by atoms with van der Waals surface area (Å²) in [4.78, 5) is 29.4. The molecule has 34 heavy (non-hydrogen) atoms. The van der Waals surface area contributed by atoms with Gasteiger partial charge < -0.3 is 24.0 Å². The van der Waals surface area contributed by atoms with Gasteiger partial charge in [0.15, 0.2) is 6.61 Å². The molecule has 0 radical (unpaired) electrons. The first-order chi connectivity index (χ1) is 16.5. The monoisotopic (exact) mass is 458 g/mol. The lowest BCUT2D eigenvalue weighted by molar-refractivity contribution is -0.132. The fourth-order valence-electron chi connectivity index (χ4n) is 4.48. The number of rotatable bonds is 5. The molecule has 7 nitrogen and oxygen atoms in total. The second-order valence-corrected chi connectivity index (χ2v) is 8.48. The van der Waals surface area contributed by atoms with Crippen LogP contribution in [0.4, 0.5) is 0 Å². The average Bonchev–Trinajstić information content (AvgIpc) is 3.27. The highest BCUT2D eigenvalue weighted by Crippen LogP contribution is 2.35. The van der Waals surface area contributed by atoms with Gasteiger partial charge in [-0.2, -0.15) is 0 Å². The van der Waals surface area contributed by atoms with Crippen LogP contribution in [0.5, 0.6) is 17.2 Å². The molecule has 0 bridgehead atoms. The van der Waals surface area contributed by atoms with Gasteiger partial charge in [-0.05, 0) is 47.5 Å². The Morgan fingerprint density at radius 2 is 1.74 bits per heavy atom. The van der Waals surface area contributed by atoms with Gasteiger partial charge in [-0.25, -0.2) is 0 Å². The molecular weight excluding hydrogens is 432 g/mol. The molecule has 5 rings (SSSR count). The molecule has 1 saturated heterocycles. The van der Waals surface area contributed by atoms with E-state index in [1.54, 1.807) is 30.0 Å². The summed E-state index contributed by atoms with van der Waals surface area (Å²) in [6.45, 7) is 0.737. The van der Waals surface area contributed by atoms with Gasteiger partial charge in [0.1, 0.15) is 23.4 Å². The summed E-state index contributed by atoms with van der Waals surface area (Å²) in [5.74, 6) is 1.68. The van der Waals surface area contributed by atoms with Crippen LogP contribution in [0.3, 0.4) is 0 Å². The minimum atomic E-state index is -0.323. The molecule has 0 aromatic heterocycles.